The van der Waals surface area contributed by atoms with Crippen LogP contribution in [0.4, 0.5) is 0 Å². The summed E-state index contributed by atoms with van der Waals surface area (Å²) in [6.07, 6.45) is 3.29. The average Bonchev–Trinajstić information content (AvgIpc) is 2.62. The van der Waals surface area contributed by atoms with E-state index in [0.717, 1.165) is 0 Å². The van der Waals surface area contributed by atoms with Gasteiger partial charge in [0.15, 0.2) is 0 Å². The lowest BCUT2D eigenvalue weighted by atomic mass is 10.1. The molecular weight excluding hydrogens is 222 g/mol. The van der Waals surface area contributed by atoms with Gasteiger partial charge in [0.25, 0.3) is 0 Å². The lowest BCUT2D eigenvalue weighted by Crippen LogP contribution is -2.41. The van der Waals surface area contributed by atoms with Gasteiger partial charge in [0.2, 0.25) is 11.8 Å². The minimum Gasteiger partial charge on any atom is -0.370 e. The molecule has 1 aromatic heterocycles. The van der Waals surface area contributed by atoms with E-state index in [-0.39, 0.29) is 18.4 Å². The Hall–Kier alpha value is -1.89. The van der Waals surface area contributed by atoms with E-state index in [0.29, 0.717) is 5.56 Å². The number of aromatic nitrogens is 2. The summed E-state index contributed by atoms with van der Waals surface area (Å²) in [5.41, 5.74) is 11.4. The number of aryl methyl sites for hydroxylation is 1. The molecule has 0 spiro atoms. The number of amides is 2. The van der Waals surface area contributed by atoms with Gasteiger partial charge < -0.3 is 16.8 Å². The van der Waals surface area contributed by atoms with Crippen LogP contribution in [-0.4, -0.2) is 27.6 Å². The van der Waals surface area contributed by atoms with Gasteiger partial charge in [-0.3, -0.25) is 14.3 Å². The Bertz CT molecular complexity index is 415. The second-order valence-corrected chi connectivity index (χ2v) is 4.01. The molecule has 0 aromatic carbocycles. The molecule has 1 rings (SSSR count). The fourth-order valence-electron chi connectivity index (χ4n) is 1.44. The third kappa shape index (κ3) is 3.87. The molecule has 94 valence electrons. The Labute approximate surface area is 99.1 Å². The number of nitrogens with two attached hydrogens (primary N) is 2. The Balaban J connectivity index is 2.55. The van der Waals surface area contributed by atoms with Gasteiger partial charge in [0, 0.05) is 31.3 Å². The van der Waals surface area contributed by atoms with Crippen LogP contribution in [-0.2, 0) is 16.6 Å². The molecule has 7 nitrogen and oxygen atoms in total. The van der Waals surface area contributed by atoms with E-state index in [4.69, 9.17) is 11.5 Å². The van der Waals surface area contributed by atoms with E-state index in [1.54, 1.807) is 24.9 Å². The number of rotatable bonds is 5. The van der Waals surface area contributed by atoms with Gasteiger partial charge in [-0.2, -0.15) is 5.10 Å². The van der Waals surface area contributed by atoms with E-state index in [1.165, 1.54) is 6.20 Å². The maximum Gasteiger partial charge on any atom is 0.241 e. The van der Waals surface area contributed by atoms with E-state index >= 15 is 0 Å². The monoisotopic (exact) mass is 239 g/mol. The minimum absolute atomic E-state index is 0.0888. The van der Waals surface area contributed by atoms with Crippen LogP contribution in [0.1, 0.15) is 24.9 Å². The molecule has 1 aromatic rings. The minimum atomic E-state index is -0.793. The van der Waals surface area contributed by atoms with Crippen molar-refractivity contribution in [1.82, 2.24) is 15.1 Å². The molecule has 0 radical (unpaired) electrons. The molecule has 2 amide bonds. The van der Waals surface area contributed by atoms with E-state index < -0.39 is 11.9 Å². The Morgan fingerprint density at radius 3 is 2.71 bits per heavy atom. The van der Waals surface area contributed by atoms with Gasteiger partial charge in [-0.15, -0.1) is 0 Å². The lowest BCUT2D eigenvalue weighted by molar-refractivity contribution is -0.123. The summed E-state index contributed by atoms with van der Waals surface area (Å²) in [5.74, 6) is -0.820. The summed E-state index contributed by atoms with van der Waals surface area (Å²) in [6, 6.07) is -1.12. The third-order valence-corrected chi connectivity index (χ3v) is 2.26. The predicted molar refractivity (Wildman–Crippen MR) is 61.6 cm³/mol. The van der Waals surface area contributed by atoms with E-state index in [1.807, 2.05) is 0 Å². The second-order valence-electron chi connectivity index (χ2n) is 4.01. The summed E-state index contributed by atoms with van der Waals surface area (Å²) < 4.78 is 1.56. The van der Waals surface area contributed by atoms with Gasteiger partial charge in [-0.25, -0.2) is 0 Å². The van der Waals surface area contributed by atoms with E-state index in [9.17, 15) is 9.59 Å². The highest BCUT2D eigenvalue weighted by Crippen LogP contribution is 2.08. The zero-order chi connectivity index (χ0) is 13.0. The summed E-state index contributed by atoms with van der Waals surface area (Å²) in [7, 11) is 1.74. The van der Waals surface area contributed by atoms with Crippen LogP contribution >= 0.6 is 0 Å². The van der Waals surface area contributed by atoms with Crippen LogP contribution in [0, 0.1) is 0 Å². The summed E-state index contributed by atoms with van der Waals surface area (Å²) in [5, 5.41) is 6.55. The Morgan fingerprint density at radius 1 is 1.59 bits per heavy atom. The smallest absolute Gasteiger partial charge is 0.241 e. The fourth-order valence-corrected chi connectivity index (χ4v) is 1.44. The summed E-state index contributed by atoms with van der Waals surface area (Å²) in [4.78, 5) is 22.4. The van der Waals surface area contributed by atoms with Crippen molar-refractivity contribution >= 4 is 11.8 Å². The molecule has 0 aliphatic carbocycles. The molecular formula is C10H17N5O2. The fraction of sp³-hybridized carbons (Fsp3) is 0.500. The summed E-state index contributed by atoms with van der Waals surface area (Å²) in [6.45, 7) is 1.69. The summed E-state index contributed by atoms with van der Waals surface area (Å²) >= 11 is 0. The topological polar surface area (TPSA) is 116 Å². The molecule has 0 aliphatic heterocycles. The van der Waals surface area contributed by atoms with Crippen LogP contribution in [0.3, 0.4) is 0 Å². The molecule has 1 heterocycles. The van der Waals surface area contributed by atoms with Crippen LogP contribution < -0.4 is 16.8 Å². The number of nitrogens with zero attached hydrogens (tertiary/aromatic N) is 2. The number of hydrogen-bond acceptors (Lipinski definition) is 4. The number of carbonyl (C=O) groups excluding carboxylic acids is 2. The van der Waals surface area contributed by atoms with Gasteiger partial charge in [0.1, 0.15) is 6.04 Å². The standard InChI is InChI=1S/C10H17N5O2/c1-6(3-8(11)16)14-10(17)9(12)7-4-13-15(2)5-7/h4-6,9H,3,12H2,1-2H3,(H2,11,16)(H,14,17). The second kappa shape index (κ2) is 5.44. The maximum atomic E-state index is 11.7. The molecule has 0 bridgehead atoms. The van der Waals surface area contributed by atoms with Crippen molar-refractivity contribution in [3.8, 4) is 0 Å². The zero-order valence-corrected chi connectivity index (χ0v) is 9.88. The molecule has 7 heteroatoms. The maximum absolute atomic E-state index is 11.7. The average molecular weight is 239 g/mol. The highest BCUT2D eigenvalue weighted by atomic mass is 16.2. The van der Waals surface area contributed by atoms with Crippen LogP contribution in [0.2, 0.25) is 0 Å². The van der Waals surface area contributed by atoms with Gasteiger partial charge in [-0.1, -0.05) is 0 Å². The molecule has 2 atom stereocenters. The largest absolute Gasteiger partial charge is 0.370 e. The SMILES string of the molecule is CC(CC(N)=O)NC(=O)C(N)c1cnn(C)c1. The van der Waals surface area contributed by atoms with Gasteiger partial charge in [-0.05, 0) is 6.92 Å². The predicted octanol–water partition coefficient (Wildman–Crippen LogP) is -1.20. The normalized spacial score (nSPS) is 14.1. The molecule has 17 heavy (non-hydrogen) atoms. The number of hydrogen-bond donors (Lipinski definition) is 3. The van der Waals surface area contributed by atoms with Crippen molar-refractivity contribution in [1.29, 1.82) is 0 Å². The van der Waals surface area contributed by atoms with Crippen molar-refractivity contribution in [2.24, 2.45) is 18.5 Å². The molecule has 0 saturated carbocycles. The molecule has 0 aliphatic rings. The molecule has 0 saturated heterocycles. The van der Waals surface area contributed by atoms with Crippen molar-refractivity contribution in [3.05, 3.63) is 18.0 Å². The van der Waals surface area contributed by atoms with Crippen LogP contribution in [0.25, 0.3) is 0 Å². The number of nitrogens with one attached hydrogen (secondary N) is 1. The highest BCUT2D eigenvalue weighted by Gasteiger charge is 2.19. The molecule has 0 fully saturated rings. The molecule has 5 N–H and O–H groups in total. The van der Waals surface area contributed by atoms with Crippen molar-refractivity contribution in [2.75, 3.05) is 0 Å². The van der Waals surface area contributed by atoms with Crippen molar-refractivity contribution in [3.63, 3.8) is 0 Å². The highest BCUT2D eigenvalue weighted by molar-refractivity contribution is 5.83. The van der Waals surface area contributed by atoms with Crippen molar-refractivity contribution in [2.45, 2.75) is 25.4 Å². The van der Waals surface area contributed by atoms with Gasteiger partial charge >= 0.3 is 0 Å². The lowest BCUT2D eigenvalue weighted by Gasteiger charge is -2.15. The number of carbonyl (C=O) groups is 2. The van der Waals surface area contributed by atoms with Gasteiger partial charge in [0.05, 0.1) is 6.20 Å². The Morgan fingerprint density at radius 2 is 2.24 bits per heavy atom. The van der Waals surface area contributed by atoms with Crippen molar-refractivity contribution < 1.29 is 9.59 Å². The first kappa shape index (κ1) is 13.2. The first-order valence-electron chi connectivity index (χ1n) is 5.23. The third-order valence-electron chi connectivity index (χ3n) is 2.26. The van der Waals surface area contributed by atoms with E-state index in [2.05, 4.69) is 10.4 Å². The quantitative estimate of drug-likeness (QED) is 0.598. The Kier molecular flexibility index (Phi) is 4.22. The zero-order valence-electron chi connectivity index (χ0n) is 9.88. The molecule has 2 unspecified atom stereocenters. The first-order valence-corrected chi connectivity index (χ1v) is 5.23. The number of primary amides is 1. The first-order chi connectivity index (χ1) is 7.90. The van der Waals surface area contributed by atoms with Crippen LogP contribution in [0.15, 0.2) is 12.4 Å². The van der Waals surface area contributed by atoms with Crippen LogP contribution in [0.5, 0.6) is 0 Å².